The molecule has 3 aromatic carbocycles. The van der Waals surface area contributed by atoms with Crippen LogP contribution in [0.1, 0.15) is 17.0 Å². The van der Waals surface area contributed by atoms with E-state index in [-0.39, 0.29) is 35.2 Å². The van der Waals surface area contributed by atoms with Crippen LogP contribution >= 0.6 is 15.9 Å². The fraction of sp³-hybridized carbons (Fsp3) is 0.0833. The van der Waals surface area contributed by atoms with Gasteiger partial charge in [0.25, 0.3) is 5.69 Å². The van der Waals surface area contributed by atoms with Gasteiger partial charge in [0.15, 0.2) is 6.61 Å². The van der Waals surface area contributed by atoms with E-state index in [0.717, 1.165) is 4.47 Å². The lowest BCUT2D eigenvalue weighted by atomic mass is 9.83. The minimum Gasteiger partial charge on any atom is -0.482 e. The zero-order valence-corrected chi connectivity index (χ0v) is 19.0. The number of carbonyl (C=O) groups excluding carboxylic acids is 1. The quantitative estimate of drug-likeness (QED) is 0.215. The van der Waals surface area contributed by atoms with Crippen molar-refractivity contribution in [2.45, 2.75) is 5.92 Å². The van der Waals surface area contributed by atoms with E-state index in [1.54, 1.807) is 42.5 Å². The number of nitriles is 1. The molecule has 0 bridgehead atoms. The van der Waals surface area contributed by atoms with Crippen molar-refractivity contribution in [1.29, 1.82) is 5.26 Å². The van der Waals surface area contributed by atoms with Gasteiger partial charge in [0, 0.05) is 28.2 Å². The Morgan fingerprint density at radius 1 is 1.15 bits per heavy atom. The number of nitro benzene ring substituents is 1. The zero-order chi connectivity index (χ0) is 24.2. The Bertz CT molecular complexity index is 1350. The maximum Gasteiger partial charge on any atom is 0.349 e. The molecule has 1 unspecified atom stereocenters. The number of nitrogens with two attached hydrogens (primary N) is 1. The summed E-state index contributed by atoms with van der Waals surface area (Å²) >= 11 is 3.32. The van der Waals surface area contributed by atoms with Gasteiger partial charge in [-0.2, -0.15) is 5.26 Å². The molecule has 10 heteroatoms. The third-order valence-electron chi connectivity index (χ3n) is 5.01. The molecule has 0 saturated carbocycles. The third-order valence-corrected chi connectivity index (χ3v) is 5.54. The van der Waals surface area contributed by atoms with E-state index < -0.39 is 16.8 Å². The first kappa shape index (κ1) is 22.8. The molecular weight excluding hydrogens is 506 g/mol. The molecule has 0 aromatic heterocycles. The number of non-ortho nitro benzene ring substituents is 1. The van der Waals surface area contributed by atoms with Gasteiger partial charge in [-0.15, -0.1) is 0 Å². The molecule has 1 aliphatic heterocycles. The molecule has 0 fully saturated rings. The first-order chi connectivity index (χ1) is 16.4. The standard InChI is InChI=1S/C24H16BrN3O6/c25-15-4-6-17(7-5-15)32-13-22(29)33-18-8-9-19-21(11-18)34-24(27)20(12-26)23(19)14-2-1-3-16(10-14)28(30)31/h1-11,23H,13,27H2. The van der Waals surface area contributed by atoms with Crippen LogP contribution in [0.5, 0.6) is 17.2 Å². The molecule has 34 heavy (non-hydrogen) atoms. The number of nitrogens with zero attached hydrogens (tertiary/aromatic N) is 2. The fourth-order valence-corrected chi connectivity index (χ4v) is 3.76. The first-order valence-electron chi connectivity index (χ1n) is 9.90. The summed E-state index contributed by atoms with van der Waals surface area (Å²) < 4.78 is 17.2. The second kappa shape index (κ2) is 9.64. The molecule has 3 aromatic rings. The Hall–Kier alpha value is -4.36. The van der Waals surface area contributed by atoms with Crippen molar-refractivity contribution in [2.24, 2.45) is 5.73 Å². The van der Waals surface area contributed by atoms with E-state index in [4.69, 9.17) is 19.9 Å². The maximum atomic E-state index is 12.2. The number of allylic oxidation sites excluding steroid dienone is 1. The van der Waals surface area contributed by atoms with Crippen LogP contribution in [0.4, 0.5) is 5.69 Å². The van der Waals surface area contributed by atoms with Gasteiger partial charge in [-0.25, -0.2) is 4.79 Å². The molecule has 0 radical (unpaired) electrons. The predicted octanol–water partition coefficient (Wildman–Crippen LogP) is 4.56. The van der Waals surface area contributed by atoms with E-state index in [1.165, 1.54) is 24.3 Å². The number of rotatable bonds is 6. The van der Waals surface area contributed by atoms with Crippen LogP contribution in [0.15, 0.2) is 82.7 Å². The van der Waals surface area contributed by atoms with Gasteiger partial charge >= 0.3 is 5.97 Å². The highest BCUT2D eigenvalue weighted by Crippen LogP contribution is 2.43. The molecule has 1 heterocycles. The van der Waals surface area contributed by atoms with Crippen LogP contribution in [0.2, 0.25) is 0 Å². The van der Waals surface area contributed by atoms with Crippen molar-refractivity contribution in [1.82, 2.24) is 0 Å². The number of halogens is 1. The summed E-state index contributed by atoms with van der Waals surface area (Å²) in [6.45, 7) is -0.309. The molecule has 0 aliphatic carbocycles. The summed E-state index contributed by atoms with van der Waals surface area (Å²) in [6, 6.07) is 19.6. The Morgan fingerprint density at radius 2 is 1.88 bits per heavy atom. The van der Waals surface area contributed by atoms with E-state index >= 15 is 0 Å². The van der Waals surface area contributed by atoms with E-state index in [2.05, 4.69) is 15.9 Å². The SMILES string of the molecule is N#CC1=C(N)Oc2cc(OC(=O)COc3ccc(Br)cc3)ccc2C1c1cccc([N+](=O)[O-])c1. The van der Waals surface area contributed by atoms with Gasteiger partial charge < -0.3 is 19.9 Å². The monoisotopic (exact) mass is 521 g/mol. The molecule has 1 atom stereocenters. The van der Waals surface area contributed by atoms with Crippen LogP contribution in [-0.2, 0) is 4.79 Å². The van der Waals surface area contributed by atoms with E-state index in [0.29, 0.717) is 16.9 Å². The highest BCUT2D eigenvalue weighted by molar-refractivity contribution is 9.10. The number of nitro groups is 1. The number of esters is 1. The van der Waals surface area contributed by atoms with Crippen molar-refractivity contribution in [3.05, 3.63) is 104 Å². The summed E-state index contributed by atoms with van der Waals surface area (Å²) in [5.74, 6) is -0.472. The number of hydrogen-bond donors (Lipinski definition) is 1. The predicted molar refractivity (Wildman–Crippen MR) is 124 cm³/mol. The van der Waals surface area contributed by atoms with Crippen molar-refractivity contribution < 1.29 is 23.9 Å². The van der Waals surface area contributed by atoms with Crippen molar-refractivity contribution >= 4 is 27.6 Å². The molecule has 0 spiro atoms. The lowest BCUT2D eigenvalue weighted by Crippen LogP contribution is -2.21. The average Bonchev–Trinajstić information content (AvgIpc) is 2.82. The third kappa shape index (κ3) is 4.84. The van der Waals surface area contributed by atoms with E-state index in [1.807, 2.05) is 6.07 Å². The largest absolute Gasteiger partial charge is 0.482 e. The highest BCUT2D eigenvalue weighted by Gasteiger charge is 2.31. The Morgan fingerprint density at radius 3 is 2.59 bits per heavy atom. The summed E-state index contributed by atoms with van der Waals surface area (Å²) in [5, 5.41) is 20.9. The highest BCUT2D eigenvalue weighted by atomic mass is 79.9. The van der Waals surface area contributed by atoms with Crippen LogP contribution in [0.3, 0.4) is 0 Å². The Balaban J connectivity index is 1.57. The van der Waals surface area contributed by atoms with Gasteiger partial charge in [-0.1, -0.05) is 34.1 Å². The van der Waals surface area contributed by atoms with Crippen LogP contribution in [-0.4, -0.2) is 17.5 Å². The molecule has 1 aliphatic rings. The number of benzene rings is 3. The van der Waals surface area contributed by atoms with Crippen LogP contribution < -0.4 is 19.9 Å². The molecule has 0 amide bonds. The zero-order valence-electron chi connectivity index (χ0n) is 17.4. The van der Waals surface area contributed by atoms with Gasteiger partial charge in [-0.3, -0.25) is 10.1 Å². The van der Waals surface area contributed by atoms with Crippen molar-refractivity contribution in [2.75, 3.05) is 6.61 Å². The number of fused-ring (bicyclic) bond motifs is 1. The first-order valence-corrected chi connectivity index (χ1v) is 10.7. The maximum absolute atomic E-state index is 12.2. The lowest BCUT2D eigenvalue weighted by molar-refractivity contribution is -0.384. The summed E-state index contributed by atoms with van der Waals surface area (Å²) in [4.78, 5) is 22.9. The normalized spacial score (nSPS) is 14.4. The minimum absolute atomic E-state index is 0.113. The number of hydrogen-bond acceptors (Lipinski definition) is 8. The average molecular weight is 522 g/mol. The number of ether oxygens (including phenoxy) is 3. The van der Waals surface area contributed by atoms with Gasteiger partial charge in [0.1, 0.15) is 28.9 Å². The van der Waals surface area contributed by atoms with Gasteiger partial charge in [0.2, 0.25) is 5.88 Å². The number of carbonyl (C=O) groups is 1. The van der Waals surface area contributed by atoms with E-state index in [9.17, 15) is 20.2 Å². The summed E-state index contributed by atoms with van der Waals surface area (Å²) in [5.41, 5.74) is 7.04. The smallest absolute Gasteiger partial charge is 0.349 e. The lowest BCUT2D eigenvalue weighted by Gasteiger charge is -2.26. The molecule has 4 rings (SSSR count). The van der Waals surface area contributed by atoms with Crippen molar-refractivity contribution in [3.63, 3.8) is 0 Å². The Labute approximate surface area is 202 Å². The topological polar surface area (TPSA) is 138 Å². The molecule has 170 valence electrons. The molecular formula is C24H16BrN3O6. The van der Waals surface area contributed by atoms with Crippen molar-refractivity contribution in [3.8, 4) is 23.3 Å². The second-order valence-corrected chi connectivity index (χ2v) is 8.11. The molecule has 0 saturated heterocycles. The van der Waals surface area contributed by atoms with Gasteiger partial charge in [0.05, 0.1) is 10.8 Å². The molecule has 9 nitrogen and oxygen atoms in total. The van der Waals surface area contributed by atoms with Crippen LogP contribution in [0.25, 0.3) is 0 Å². The summed E-state index contributed by atoms with van der Waals surface area (Å²) in [7, 11) is 0. The fourth-order valence-electron chi connectivity index (χ4n) is 3.49. The summed E-state index contributed by atoms with van der Waals surface area (Å²) in [6.07, 6.45) is 0. The minimum atomic E-state index is -0.681. The second-order valence-electron chi connectivity index (χ2n) is 7.19. The molecule has 2 N–H and O–H groups in total. The van der Waals surface area contributed by atoms with Gasteiger partial charge in [-0.05, 0) is 35.9 Å². The van der Waals surface area contributed by atoms with Crippen LogP contribution in [0, 0.1) is 21.4 Å². The Kier molecular flexibility index (Phi) is 6.47.